The van der Waals surface area contributed by atoms with Crippen LogP contribution in [0.4, 0.5) is 0 Å². The maximum Gasteiger partial charge on any atom is 0.190 e. The van der Waals surface area contributed by atoms with Crippen LogP contribution in [0.2, 0.25) is 0 Å². The number of aromatic nitrogens is 1. The third kappa shape index (κ3) is 5.88. The summed E-state index contributed by atoms with van der Waals surface area (Å²) in [7, 11) is 1.82. The molecule has 2 N–H and O–H groups in total. The molecule has 1 saturated carbocycles. The first-order valence-electron chi connectivity index (χ1n) is 9.07. The Morgan fingerprint density at radius 2 is 1.91 bits per heavy atom. The quantitative estimate of drug-likeness (QED) is 0.438. The van der Waals surface area contributed by atoms with Crippen molar-refractivity contribution in [3.8, 4) is 0 Å². The largest absolute Gasteiger partial charge is 0.361 e. The van der Waals surface area contributed by atoms with Crippen molar-refractivity contribution < 1.29 is 4.52 Å². The number of aryl methyl sites for hydroxylation is 2. The third-order valence-corrected chi connectivity index (χ3v) is 4.88. The van der Waals surface area contributed by atoms with Crippen molar-refractivity contribution in [2.75, 3.05) is 20.1 Å². The third-order valence-electron chi connectivity index (χ3n) is 4.88. The molecule has 0 unspecified atom stereocenters. The predicted octanol–water partition coefficient (Wildman–Crippen LogP) is 3.36. The van der Waals surface area contributed by atoms with Gasteiger partial charge in [0, 0.05) is 25.7 Å². The van der Waals surface area contributed by atoms with Crippen molar-refractivity contribution >= 4 is 5.96 Å². The zero-order chi connectivity index (χ0) is 16.5. The van der Waals surface area contributed by atoms with Gasteiger partial charge >= 0.3 is 0 Å². The van der Waals surface area contributed by atoms with E-state index >= 15 is 0 Å². The van der Waals surface area contributed by atoms with Gasteiger partial charge in [0.15, 0.2) is 5.96 Å². The summed E-state index contributed by atoms with van der Waals surface area (Å²) in [5, 5.41) is 10.8. The van der Waals surface area contributed by atoms with Gasteiger partial charge in [-0.25, -0.2) is 0 Å². The highest BCUT2D eigenvalue weighted by molar-refractivity contribution is 5.79. The first kappa shape index (κ1) is 17.8. The number of hydrogen-bond donors (Lipinski definition) is 2. The second kappa shape index (κ2) is 9.58. The number of nitrogens with zero attached hydrogens (tertiary/aromatic N) is 2. The van der Waals surface area contributed by atoms with Crippen LogP contribution in [0, 0.1) is 19.8 Å². The lowest BCUT2D eigenvalue weighted by atomic mass is 10.0. The standard InChI is InChI=1S/C18H32N4O/c1-14-17(15(2)23-22-14)11-13-21-18(19-3)20-12-7-6-10-16-8-4-5-9-16/h16H,4-13H2,1-3H3,(H2,19,20,21). The van der Waals surface area contributed by atoms with Crippen molar-refractivity contribution in [2.45, 2.75) is 65.2 Å². The van der Waals surface area contributed by atoms with Gasteiger partial charge in [0.2, 0.25) is 0 Å². The van der Waals surface area contributed by atoms with Crippen LogP contribution in [-0.4, -0.2) is 31.3 Å². The lowest BCUT2D eigenvalue weighted by molar-refractivity contribution is 0.392. The van der Waals surface area contributed by atoms with E-state index in [1.807, 2.05) is 20.9 Å². The van der Waals surface area contributed by atoms with Crippen LogP contribution in [0.1, 0.15) is 62.0 Å². The summed E-state index contributed by atoms with van der Waals surface area (Å²) in [6, 6.07) is 0. The van der Waals surface area contributed by atoms with Gasteiger partial charge in [-0.15, -0.1) is 0 Å². The van der Waals surface area contributed by atoms with Gasteiger partial charge < -0.3 is 15.2 Å². The van der Waals surface area contributed by atoms with Gasteiger partial charge in [-0.3, -0.25) is 4.99 Å². The smallest absolute Gasteiger partial charge is 0.190 e. The van der Waals surface area contributed by atoms with Crippen LogP contribution >= 0.6 is 0 Å². The molecule has 0 atom stereocenters. The van der Waals surface area contributed by atoms with E-state index in [0.29, 0.717) is 0 Å². The van der Waals surface area contributed by atoms with E-state index in [0.717, 1.165) is 42.8 Å². The minimum Gasteiger partial charge on any atom is -0.361 e. The van der Waals surface area contributed by atoms with Gasteiger partial charge in [-0.05, 0) is 32.6 Å². The van der Waals surface area contributed by atoms with E-state index in [4.69, 9.17) is 4.52 Å². The van der Waals surface area contributed by atoms with Crippen molar-refractivity contribution in [3.05, 3.63) is 17.0 Å². The van der Waals surface area contributed by atoms with Crippen LogP contribution in [0.5, 0.6) is 0 Å². The van der Waals surface area contributed by atoms with Crippen LogP contribution in [0.3, 0.4) is 0 Å². The van der Waals surface area contributed by atoms with Crippen molar-refractivity contribution in [1.82, 2.24) is 15.8 Å². The molecular weight excluding hydrogens is 288 g/mol. The van der Waals surface area contributed by atoms with E-state index in [1.165, 1.54) is 50.5 Å². The Morgan fingerprint density at radius 3 is 2.57 bits per heavy atom. The summed E-state index contributed by atoms with van der Waals surface area (Å²) in [5.74, 6) is 2.80. The molecule has 1 aromatic heterocycles. The topological polar surface area (TPSA) is 62.5 Å². The van der Waals surface area contributed by atoms with Gasteiger partial charge in [0.25, 0.3) is 0 Å². The fourth-order valence-corrected chi connectivity index (χ4v) is 3.45. The highest BCUT2D eigenvalue weighted by Crippen LogP contribution is 2.28. The van der Waals surface area contributed by atoms with Gasteiger partial charge in [-0.1, -0.05) is 43.7 Å². The monoisotopic (exact) mass is 320 g/mol. The van der Waals surface area contributed by atoms with E-state index in [2.05, 4.69) is 20.8 Å². The summed E-state index contributed by atoms with van der Waals surface area (Å²) in [5.41, 5.74) is 2.18. The zero-order valence-corrected chi connectivity index (χ0v) is 15.0. The molecule has 0 saturated heterocycles. The number of guanidine groups is 1. The van der Waals surface area contributed by atoms with E-state index in [1.54, 1.807) is 0 Å². The van der Waals surface area contributed by atoms with E-state index in [9.17, 15) is 0 Å². The Labute approximate surface area is 140 Å². The SMILES string of the molecule is CN=C(NCCCCC1CCCC1)NCCc1c(C)noc1C. The number of rotatable bonds is 8. The summed E-state index contributed by atoms with van der Waals surface area (Å²) in [6.45, 7) is 5.79. The predicted molar refractivity (Wildman–Crippen MR) is 94.9 cm³/mol. The Kier molecular flexibility index (Phi) is 7.43. The first-order chi connectivity index (χ1) is 11.2. The summed E-state index contributed by atoms with van der Waals surface area (Å²) in [6.07, 6.45) is 10.7. The molecule has 1 aromatic rings. The maximum absolute atomic E-state index is 5.19. The second-order valence-electron chi connectivity index (χ2n) is 6.62. The fraction of sp³-hybridized carbons (Fsp3) is 0.778. The zero-order valence-electron chi connectivity index (χ0n) is 15.0. The molecule has 5 heteroatoms. The molecular formula is C18H32N4O. The summed E-state index contributed by atoms with van der Waals surface area (Å²) < 4.78 is 5.19. The maximum atomic E-state index is 5.19. The highest BCUT2D eigenvalue weighted by Gasteiger charge is 2.14. The Morgan fingerprint density at radius 1 is 1.17 bits per heavy atom. The number of nitrogens with one attached hydrogen (secondary N) is 2. The lowest BCUT2D eigenvalue weighted by Crippen LogP contribution is -2.38. The summed E-state index contributed by atoms with van der Waals surface area (Å²) >= 11 is 0. The number of aliphatic imine (C=N–C) groups is 1. The molecule has 1 aliphatic carbocycles. The molecule has 0 bridgehead atoms. The molecule has 0 aliphatic heterocycles. The molecule has 1 fully saturated rings. The van der Waals surface area contributed by atoms with Crippen molar-refractivity contribution in [1.29, 1.82) is 0 Å². The van der Waals surface area contributed by atoms with E-state index in [-0.39, 0.29) is 0 Å². The van der Waals surface area contributed by atoms with Crippen LogP contribution in [0.15, 0.2) is 9.52 Å². The first-order valence-corrected chi connectivity index (χ1v) is 9.07. The molecule has 0 radical (unpaired) electrons. The number of hydrogen-bond acceptors (Lipinski definition) is 3. The highest BCUT2D eigenvalue weighted by atomic mass is 16.5. The molecule has 0 amide bonds. The molecule has 0 aromatic carbocycles. The van der Waals surface area contributed by atoms with Gasteiger partial charge in [0.1, 0.15) is 5.76 Å². The Hall–Kier alpha value is -1.52. The fourth-order valence-electron chi connectivity index (χ4n) is 3.45. The molecule has 23 heavy (non-hydrogen) atoms. The van der Waals surface area contributed by atoms with Crippen LogP contribution < -0.4 is 10.6 Å². The minimum atomic E-state index is 0.838. The van der Waals surface area contributed by atoms with Crippen molar-refractivity contribution in [3.63, 3.8) is 0 Å². The van der Waals surface area contributed by atoms with Crippen LogP contribution in [0.25, 0.3) is 0 Å². The second-order valence-corrected chi connectivity index (χ2v) is 6.62. The molecule has 1 heterocycles. The Bertz CT molecular complexity index is 470. The van der Waals surface area contributed by atoms with Gasteiger partial charge in [-0.2, -0.15) is 0 Å². The summed E-state index contributed by atoms with van der Waals surface area (Å²) in [4.78, 5) is 4.28. The van der Waals surface area contributed by atoms with Crippen LogP contribution in [-0.2, 0) is 6.42 Å². The minimum absolute atomic E-state index is 0.838. The molecule has 130 valence electrons. The van der Waals surface area contributed by atoms with E-state index < -0.39 is 0 Å². The van der Waals surface area contributed by atoms with Gasteiger partial charge in [0.05, 0.1) is 5.69 Å². The van der Waals surface area contributed by atoms with Crippen molar-refractivity contribution in [2.24, 2.45) is 10.9 Å². The molecule has 5 nitrogen and oxygen atoms in total. The number of unbranched alkanes of at least 4 members (excludes halogenated alkanes) is 1. The normalized spacial score (nSPS) is 16.0. The average molecular weight is 320 g/mol. The molecule has 2 rings (SSSR count). The average Bonchev–Trinajstić information content (AvgIpc) is 3.17. The molecule has 1 aliphatic rings. The Balaban J connectivity index is 1.56. The molecule has 0 spiro atoms. The lowest BCUT2D eigenvalue weighted by Gasteiger charge is -2.12.